The largest absolute Gasteiger partial charge is 0.458 e. The fourth-order valence-corrected chi connectivity index (χ4v) is 1.86. The topological polar surface area (TPSA) is 140 Å². The molecule has 0 aromatic rings. The van der Waals surface area contributed by atoms with Crippen molar-refractivity contribution in [3.05, 3.63) is 10.4 Å². The molecule has 1 aliphatic heterocycles. The number of hydrogen-bond donors (Lipinski definition) is 1. The lowest BCUT2D eigenvalue weighted by Crippen LogP contribution is -2.56. The summed E-state index contributed by atoms with van der Waals surface area (Å²) >= 11 is 0. The number of ether oxygens (including phenoxy) is 3. The maximum Gasteiger partial charge on any atom is 0.303 e. The zero-order valence-electron chi connectivity index (χ0n) is 11.6. The normalized spacial score (nSPS) is 24.4. The molecular formula is C11H16N4O6. The van der Waals surface area contributed by atoms with Gasteiger partial charge < -0.3 is 19.5 Å². The second-order valence-corrected chi connectivity index (χ2v) is 4.26. The zero-order valence-corrected chi connectivity index (χ0v) is 11.6. The van der Waals surface area contributed by atoms with E-state index in [2.05, 4.69) is 15.3 Å². The Morgan fingerprint density at radius 2 is 2.00 bits per heavy atom. The Labute approximate surface area is 120 Å². The van der Waals surface area contributed by atoms with Gasteiger partial charge in [-0.2, -0.15) is 0 Å². The van der Waals surface area contributed by atoms with Crippen LogP contribution < -0.4 is 5.32 Å². The second-order valence-electron chi connectivity index (χ2n) is 4.26. The lowest BCUT2D eigenvalue weighted by atomic mass is 10.1. The van der Waals surface area contributed by atoms with E-state index in [1.807, 2.05) is 0 Å². The summed E-state index contributed by atoms with van der Waals surface area (Å²) in [5.74, 6) is -1.73. The predicted octanol–water partition coefficient (Wildman–Crippen LogP) is 0.0227. The maximum atomic E-state index is 11.5. The standard InChI is InChI=1S/C11H16N4O6/c1-6(16)20-8-3-4-19-11(10(8)21-7(2)17)14-9(18)5-13-15-12/h8,10-11H,3-5H2,1-2H3,(H,14,18). The van der Waals surface area contributed by atoms with E-state index in [0.717, 1.165) is 0 Å². The number of amides is 1. The monoisotopic (exact) mass is 300 g/mol. The van der Waals surface area contributed by atoms with E-state index in [1.54, 1.807) is 0 Å². The van der Waals surface area contributed by atoms with Crippen LogP contribution in [0.1, 0.15) is 20.3 Å². The molecule has 0 radical (unpaired) electrons. The number of rotatable bonds is 5. The van der Waals surface area contributed by atoms with Gasteiger partial charge in [0.2, 0.25) is 5.91 Å². The molecule has 1 aliphatic rings. The van der Waals surface area contributed by atoms with Gasteiger partial charge in [0.15, 0.2) is 12.3 Å². The molecule has 1 fully saturated rings. The van der Waals surface area contributed by atoms with Gasteiger partial charge in [0, 0.05) is 25.2 Å². The highest BCUT2D eigenvalue weighted by Gasteiger charge is 2.39. The molecule has 10 heteroatoms. The fourth-order valence-electron chi connectivity index (χ4n) is 1.86. The number of hydrogen-bond acceptors (Lipinski definition) is 7. The Kier molecular flexibility index (Phi) is 6.44. The van der Waals surface area contributed by atoms with Crippen molar-refractivity contribution in [2.45, 2.75) is 38.7 Å². The molecule has 0 aliphatic carbocycles. The molecular weight excluding hydrogens is 284 g/mol. The van der Waals surface area contributed by atoms with Crippen LogP contribution >= 0.6 is 0 Å². The van der Waals surface area contributed by atoms with Gasteiger partial charge in [-0.25, -0.2) is 0 Å². The Hall–Kier alpha value is -2.32. The molecule has 21 heavy (non-hydrogen) atoms. The first-order valence-corrected chi connectivity index (χ1v) is 6.20. The third-order valence-electron chi connectivity index (χ3n) is 2.56. The molecule has 3 atom stereocenters. The minimum Gasteiger partial charge on any atom is -0.458 e. The van der Waals surface area contributed by atoms with Gasteiger partial charge in [-0.05, 0) is 5.53 Å². The van der Waals surface area contributed by atoms with E-state index in [9.17, 15) is 14.4 Å². The molecule has 1 rings (SSSR count). The summed E-state index contributed by atoms with van der Waals surface area (Å²) < 4.78 is 15.5. The van der Waals surface area contributed by atoms with Crippen molar-refractivity contribution < 1.29 is 28.6 Å². The van der Waals surface area contributed by atoms with Gasteiger partial charge in [-0.15, -0.1) is 0 Å². The lowest BCUT2D eigenvalue weighted by molar-refractivity contribution is -0.198. The molecule has 0 spiro atoms. The molecule has 1 saturated heterocycles. The molecule has 0 saturated carbocycles. The highest BCUT2D eigenvalue weighted by Crippen LogP contribution is 2.20. The van der Waals surface area contributed by atoms with E-state index in [1.165, 1.54) is 13.8 Å². The third-order valence-corrected chi connectivity index (χ3v) is 2.56. The Morgan fingerprint density at radius 3 is 2.57 bits per heavy atom. The molecule has 0 aromatic heterocycles. The summed E-state index contributed by atoms with van der Waals surface area (Å²) in [6.07, 6.45) is -2.33. The highest BCUT2D eigenvalue weighted by molar-refractivity contribution is 5.78. The summed E-state index contributed by atoms with van der Waals surface area (Å²) in [4.78, 5) is 36.2. The van der Waals surface area contributed by atoms with Crippen molar-refractivity contribution >= 4 is 17.8 Å². The molecule has 10 nitrogen and oxygen atoms in total. The van der Waals surface area contributed by atoms with Gasteiger partial charge >= 0.3 is 11.9 Å². The fraction of sp³-hybridized carbons (Fsp3) is 0.727. The minimum absolute atomic E-state index is 0.210. The van der Waals surface area contributed by atoms with Crippen LogP contribution in [0, 0.1) is 0 Å². The van der Waals surface area contributed by atoms with E-state index < -0.39 is 42.8 Å². The van der Waals surface area contributed by atoms with Gasteiger partial charge in [-0.3, -0.25) is 14.4 Å². The Balaban J connectivity index is 2.77. The highest BCUT2D eigenvalue weighted by atomic mass is 16.6. The van der Waals surface area contributed by atoms with E-state index in [-0.39, 0.29) is 6.61 Å². The van der Waals surface area contributed by atoms with Crippen LogP contribution in [-0.4, -0.2) is 49.4 Å². The quantitative estimate of drug-likeness (QED) is 0.328. The van der Waals surface area contributed by atoms with E-state index >= 15 is 0 Å². The Morgan fingerprint density at radius 1 is 1.33 bits per heavy atom. The molecule has 1 amide bonds. The molecule has 3 unspecified atom stereocenters. The summed E-state index contributed by atoms with van der Waals surface area (Å²) in [7, 11) is 0. The van der Waals surface area contributed by atoms with Crippen LogP contribution in [-0.2, 0) is 28.6 Å². The molecule has 0 bridgehead atoms. The summed E-state index contributed by atoms with van der Waals surface area (Å²) in [5, 5.41) is 5.53. The molecule has 1 heterocycles. The average Bonchev–Trinajstić information content (AvgIpc) is 2.39. The van der Waals surface area contributed by atoms with Gasteiger partial charge in [0.25, 0.3) is 0 Å². The number of nitrogens with zero attached hydrogens (tertiary/aromatic N) is 3. The van der Waals surface area contributed by atoms with Crippen molar-refractivity contribution in [1.82, 2.24) is 5.32 Å². The number of nitrogens with one attached hydrogen (secondary N) is 1. The SMILES string of the molecule is CC(=O)OC1CCOC(NC(=O)CN=[N+]=[N-])C1OC(C)=O. The first-order chi connectivity index (χ1) is 9.93. The average molecular weight is 300 g/mol. The van der Waals surface area contributed by atoms with Crippen molar-refractivity contribution in [3.63, 3.8) is 0 Å². The van der Waals surface area contributed by atoms with Crippen molar-refractivity contribution in [1.29, 1.82) is 0 Å². The summed E-state index contributed by atoms with van der Waals surface area (Å²) in [6, 6.07) is 0. The van der Waals surface area contributed by atoms with Gasteiger partial charge in [0.05, 0.1) is 6.61 Å². The number of esters is 2. The number of azide groups is 1. The van der Waals surface area contributed by atoms with Crippen LogP contribution in [0.4, 0.5) is 0 Å². The second kappa shape index (κ2) is 8.08. The smallest absolute Gasteiger partial charge is 0.303 e. The van der Waals surface area contributed by atoms with Crippen LogP contribution in [0.2, 0.25) is 0 Å². The van der Waals surface area contributed by atoms with Gasteiger partial charge in [0.1, 0.15) is 12.6 Å². The van der Waals surface area contributed by atoms with E-state index in [4.69, 9.17) is 19.7 Å². The first-order valence-electron chi connectivity index (χ1n) is 6.20. The molecule has 1 N–H and O–H groups in total. The minimum atomic E-state index is -0.978. The van der Waals surface area contributed by atoms with Crippen molar-refractivity contribution in [2.75, 3.05) is 13.2 Å². The Bertz CT molecular complexity index is 462. The van der Waals surface area contributed by atoms with Crippen molar-refractivity contribution in [3.8, 4) is 0 Å². The zero-order chi connectivity index (χ0) is 15.8. The van der Waals surface area contributed by atoms with E-state index in [0.29, 0.717) is 6.42 Å². The van der Waals surface area contributed by atoms with Crippen LogP contribution in [0.3, 0.4) is 0 Å². The van der Waals surface area contributed by atoms with Crippen LogP contribution in [0.25, 0.3) is 10.4 Å². The number of carbonyl (C=O) groups excluding carboxylic acids is 3. The summed E-state index contributed by atoms with van der Waals surface area (Å²) in [6.45, 7) is 2.22. The van der Waals surface area contributed by atoms with Crippen molar-refractivity contribution in [2.24, 2.45) is 5.11 Å². The van der Waals surface area contributed by atoms with Crippen LogP contribution in [0.5, 0.6) is 0 Å². The molecule has 116 valence electrons. The van der Waals surface area contributed by atoms with Crippen LogP contribution in [0.15, 0.2) is 5.11 Å². The lowest BCUT2D eigenvalue weighted by Gasteiger charge is -2.36. The first kappa shape index (κ1) is 16.7. The number of carbonyl (C=O) groups is 3. The molecule has 0 aromatic carbocycles. The third kappa shape index (κ3) is 5.67. The van der Waals surface area contributed by atoms with Gasteiger partial charge in [-0.1, -0.05) is 5.11 Å². The maximum absolute atomic E-state index is 11.5. The predicted molar refractivity (Wildman–Crippen MR) is 67.6 cm³/mol. The summed E-state index contributed by atoms with van der Waals surface area (Å²) in [5.41, 5.74) is 8.15.